The molecule has 1 heterocycles. The van der Waals surface area contributed by atoms with Crippen molar-refractivity contribution in [2.45, 2.75) is 13.5 Å². The highest BCUT2D eigenvalue weighted by atomic mass is 19.1. The number of hydrogen-bond donors (Lipinski definition) is 2. The second-order valence-electron chi connectivity index (χ2n) is 5.33. The topological polar surface area (TPSA) is 76.4 Å². The van der Waals surface area contributed by atoms with Crippen LogP contribution in [0.5, 0.6) is 11.5 Å². The predicted octanol–water partition coefficient (Wildman–Crippen LogP) is 4.24. The molecule has 0 aliphatic heterocycles. The third-order valence-corrected chi connectivity index (χ3v) is 3.30. The molecule has 0 radical (unpaired) electrons. The molecule has 0 atom stereocenters. The van der Waals surface area contributed by atoms with E-state index in [-0.39, 0.29) is 11.8 Å². The largest absolute Gasteiger partial charge is 0.457 e. The fraction of sp³-hybridized carbons (Fsp3) is 0.111. The first-order valence-electron chi connectivity index (χ1n) is 7.59. The lowest BCUT2D eigenvalue weighted by Crippen LogP contribution is -2.28. The van der Waals surface area contributed by atoms with Crippen LogP contribution in [0.4, 0.5) is 15.0 Å². The summed E-state index contributed by atoms with van der Waals surface area (Å²) in [5.41, 5.74) is 0.901. The summed E-state index contributed by atoms with van der Waals surface area (Å²) in [5, 5.41) is 8.97. The average molecular weight is 341 g/mol. The van der Waals surface area contributed by atoms with Crippen LogP contribution >= 0.6 is 0 Å². The van der Waals surface area contributed by atoms with Crippen LogP contribution in [0.25, 0.3) is 0 Å². The van der Waals surface area contributed by atoms with Gasteiger partial charge in [-0.05, 0) is 48.9 Å². The Morgan fingerprint density at radius 3 is 2.36 bits per heavy atom. The van der Waals surface area contributed by atoms with Crippen LogP contribution in [0.15, 0.2) is 59.1 Å². The molecule has 0 aliphatic carbocycles. The van der Waals surface area contributed by atoms with Crippen LogP contribution < -0.4 is 15.4 Å². The molecule has 2 amide bonds. The fourth-order valence-corrected chi connectivity index (χ4v) is 2.08. The second kappa shape index (κ2) is 7.48. The molecule has 2 aromatic carbocycles. The Labute approximate surface area is 143 Å². The van der Waals surface area contributed by atoms with E-state index >= 15 is 0 Å². The van der Waals surface area contributed by atoms with Crippen LogP contribution in [-0.2, 0) is 6.54 Å². The van der Waals surface area contributed by atoms with Gasteiger partial charge in [-0.3, -0.25) is 5.32 Å². The molecule has 128 valence electrons. The Hall–Kier alpha value is -3.35. The highest BCUT2D eigenvalue weighted by Gasteiger charge is 2.05. The van der Waals surface area contributed by atoms with Gasteiger partial charge in [0, 0.05) is 12.6 Å². The van der Waals surface area contributed by atoms with Gasteiger partial charge in [0.25, 0.3) is 0 Å². The van der Waals surface area contributed by atoms with Gasteiger partial charge >= 0.3 is 6.03 Å². The summed E-state index contributed by atoms with van der Waals surface area (Å²) in [4.78, 5) is 11.8. The van der Waals surface area contributed by atoms with E-state index in [9.17, 15) is 9.18 Å². The summed E-state index contributed by atoms with van der Waals surface area (Å²) >= 11 is 0. The monoisotopic (exact) mass is 341 g/mol. The molecular weight excluding hydrogens is 325 g/mol. The summed E-state index contributed by atoms with van der Waals surface area (Å²) in [6, 6.07) is 14.3. The Kier molecular flexibility index (Phi) is 4.94. The number of hydrogen-bond acceptors (Lipinski definition) is 4. The van der Waals surface area contributed by atoms with Crippen molar-refractivity contribution in [3.05, 3.63) is 71.7 Å². The van der Waals surface area contributed by atoms with Gasteiger partial charge in [-0.25, -0.2) is 9.18 Å². The number of halogens is 1. The van der Waals surface area contributed by atoms with Gasteiger partial charge in [0.1, 0.15) is 23.1 Å². The molecule has 25 heavy (non-hydrogen) atoms. The van der Waals surface area contributed by atoms with Gasteiger partial charge in [0.2, 0.25) is 0 Å². The first-order chi connectivity index (χ1) is 12.1. The molecule has 3 rings (SSSR count). The number of rotatable bonds is 5. The number of nitrogens with one attached hydrogen (secondary N) is 2. The fourth-order valence-electron chi connectivity index (χ4n) is 2.08. The minimum Gasteiger partial charge on any atom is -0.457 e. The van der Waals surface area contributed by atoms with Crippen molar-refractivity contribution in [3.8, 4) is 11.5 Å². The molecule has 0 fully saturated rings. The summed E-state index contributed by atoms with van der Waals surface area (Å²) in [6.45, 7) is 2.09. The Morgan fingerprint density at radius 2 is 1.76 bits per heavy atom. The minimum atomic E-state index is -0.375. The number of anilines is 1. The summed E-state index contributed by atoms with van der Waals surface area (Å²) < 4.78 is 23.3. The number of carbonyl (C=O) groups excluding carboxylic acids is 1. The Morgan fingerprint density at radius 1 is 1.12 bits per heavy atom. The van der Waals surface area contributed by atoms with E-state index in [0.717, 1.165) is 5.56 Å². The lowest BCUT2D eigenvalue weighted by atomic mass is 10.2. The Balaban J connectivity index is 1.50. The number of amides is 2. The van der Waals surface area contributed by atoms with E-state index in [2.05, 4.69) is 15.8 Å². The number of ether oxygens (including phenoxy) is 1. The highest BCUT2D eigenvalue weighted by Crippen LogP contribution is 2.21. The molecule has 0 spiro atoms. The van der Waals surface area contributed by atoms with Crippen molar-refractivity contribution in [1.82, 2.24) is 10.5 Å². The molecular formula is C18H16FN3O3. The van der Waals surface area contributed by atoms with Crippen molar-refractivity contribution in [1.29, 1.82) is 0 Å². The number of aryl methyl sites for hydroxylation is 1. The van der Waals surface area contributed by atoms with E-state index in [0.29, 0.717) is 29.6 Å². The van der Waals surface area contributed by atoms with Gasteiger partial charge in [-0.2, -0.15) is 0 Å². The van der Waals surface area contributed by atoms with E-state index < -0.39 is 0 Å². The number of benzene rings is 2. The maximum absolute atomic E-state index is 12.9. The quantitative estimate of drug-likeness (QED) is 0.728. The molecule has 7 heteroatoms. The summed E-state index contributed by atoms with van der Waals surface area (Å²) in [6.07, 6.45) is 0. The van der Waals surface area contributed by atoms with E-state index in [1.807, 2.05) is 12.1 Å². The maximum Gasteiger partial charge on any atom is 0.320 e. The number of nitrogens with zero attached hydrogens (tertiary/aromatic N) is 1. The van der Waals surface area contributed by atoms with Crippen molar-refractivity contribution < 1.29 is 18.4 Å². The molecule has 2 N–H and O–H groups in total. The standard InChI is InChI=1S/C18H16FN3O3/c1-12-10-17(22-25-12)21-18(23)20-11-13-2-6-15(7-3-13)24-16-8-4-14(19)5-9-16/h2-10H,11H2,1H3,(H2,20,21,22,23). The lowest BCUT2D eigenvalue weighted by Gasteiger charge is -2.08. The smallest absolute Gasteiger partial charge is 0.320 e. The minimum absolute atomic E-state index is 0.312. The number of urea groups is 1. The van der Waals surface area contributed by atoms with E-state index in [1.54, 1.807) is 37.3 Å². The number of aromatic nitrogens is 1. The van der Waals surface area contributed by atoms with Gasteiger partial charge in [-0.15, -0.1) is 0 Å². The van der Waals surface area contributed by atoms with Crippen LogP contribution in [0.2, 0.25) is 0 Å². The molecule has 3 aromatic rings. The third kappa shape index (κ3) is 4.81. The summed E-state index contributed by atoms with van der Waals surface area (Å²) in [5.74, 6) is 1.84. The number of carbonyl (C=O) groups is 1. The molecule has 1 aromatic heterocycles. The van der Waals surface area contributed by atoms with Crippen LogP contribution in [-0.4, -0.2) is 11.2 Å². The van der Waals surface area contributed by atoms with Crippen molar-refractivity contribution >= 4 is 11.8 Å². The molecule has 0 aliphatic rings. The van der Waals surface area contributed by atoms with Gasteiger partial charge in [-0.1, -0.05) is 17.3 Å². The first kappa shape index (κ1) is 16.5. The molecule has 0 unspecified atom stereocenters. The normalized spacial score (nSPS) is 10.3. The zero-order valence-corrected chi connectivity index (χ0v) is 13.5. The first-order valence-corrected chi connectivity index (χ1v) is 7.59. The predicted molar refractivity (Wildman–Crippen MR) is 90.0 cm³/mol. The van der Waals surface area contributed by atoms with Crippen LogP contribution in [0.3, 0.4) is 0 Å². The maximum atomic E-state index is 12.9. The average Bonchev–Trinajstić information content (AvgIpc) is 3.01. The second-order valence-corrected chi connectivity index (χ2v) is 5.33. The van der Waals surface area contributed by atoms with Crippen molar-refractivity contribution in [3.63, 3.8) is 0 Å². The SMILES string of the molecule is Cc1cc(NC(=O)NCc2ccc(Oc3ccc(F)cc3)cc2)no1. The molecule has 0 bridgehead atoms. The van der Waals surface area contributed by atoms with Crippen molar-refractivity contribution in [2.75, 3.05) is 5.32 Å². The third-order valence-electron chi connectivity index (χ3n) is 3.30. The summed E-state index contributed by atoms with van der Waals surface area (Å²) in [7, 11) is 0. The lowest BCUT2D eigenvalue weighted by molar-refractivity contribution is 0.251. The Bertz CT molecular complexity index is 845. The molecule has 0 saturated heterocycles. The van der Waals surface area contributed by atoms with E-state index in [1.165, 1.54) is 12.1 Å². The van der Waals surface area contributed by atoms with E-state index in [4.69, 9.17) is 9.26 Å². The van der Waals surface area contributed by atoms with Crippen molar-refractivity contribution in [2.24, 2.45) is 0 Å². The van der Waals surface area contributed by atoms with Crippen LogP contribution in [0, 0.1) is 12.7 Å². The van der Waals surface area contributed by atoms with Gasteiger partial charge < -0.3 is 14.6 Å². The van der Waals surface area contributed by atoms with Crippen LogP contribution in [0.1, 0.15) is 11.3 Å². The highest BCUT2D eigenvalue weighted by molar-refractivity contribution is 5.88. The zero-order valence-electron chi connectivity index (χ0n) is 13.5. The van der Waals surface area contributed by atoms with Gasteiger partial charge in [0.15, 0.2) is 5.82 Å². The molecule has 0 saturated carbocycles. The molecule has 6 nitrogen and oxygen atoms in total. The van der Waals surface area contributed by atoms with Gasteiger partial charge in [0.05, 0.1) is 0 Å². The zero-order chi connectivity index (χ0) is 17.6.